The molecule has 8 nitrogen and oxygen atoms in total. The summed E-state index contributed by atoms with van der Waals surface area (Å²) >= 11 is 0. The Morgan fingerprint density at radius 3 is 1.41 bits per heavy atom. The smallest absolute Gasteiger partial charge is 0.306 e. The molecule has 2 unspecified atom stereocenters. The molecule has 0 aliphatic rings. The number of carboxylic acid groups (broad SMARTS) is 1. The van der Waals surface area contributed by atoms with Crippen LogP contribution in [0.3, 0.4) is 0 Å². The number of rotatable bonds is 46. The third-order valence-corrected chi connectivity index (χ3v) is 11.4. The van der Waals surface area contributed by atoms with Crippen LogP contribution in [0.4, 0.5) is 0 Å². The Morgan fingerprint density at radius 2 is 0.937 bits per heavy atom. The predicted octanol–water partition coefficient (Wildman–Crippen LogP) is 13.6. The lowest BCUT2D eigenvalue weighted by Gasteiger charge is -2.34. The zero-order valence-electron chi connectivity index (χ0n) is 41.5. The first-order chi connectivity index (χ1) is 30.6. The number of carbonyl (C=O) groups is 3. The molecule has 2 atom stereocenters. The molecule has 364 valence electrons. The van der Waals surface area contributed by atoms with E-state index in [0.717, 1.165) is 64.2 Å². The Hall–Kier alpha value is -2.97. The van der Waals surface area contributed by atoms with Crippen LogP contribution in [0.25, 0.3) is 0 Å². The number of carbonyl (C=O) groups excluding carboxylic acids is 3. The summed E-state index contributed by atoms with van der Waals surface area (Å²) in [6, 6.07) is -0.729. The fourth-order valence-corrected chi connectivity index (χ4v) is 7.43. The Balaban J connectivity index is 4.25. The molecule has 0 bridgehead atoms. The van der Waals surface area contributed by atoms with E-state index in [1.54, 1.807) is 21.1 Å². The van der Waals surface area contributed by atoms with Crippen LogP contribution in [-0.2, 0) is 28.6 Å². The van der Waals surface area contributed by atoms with Crippen molar-refractivity contribution in [3.63, 3.8) is 0 Å². The Labute approximate surface area is 388 Å². The number of nitrogens with zero attached hydrogens (tertiary/aromatic N) is 1. The van der Waals surface area contributed by atoms with Crippen molar-refractivity contribution < 1.29 is 38.2 Å². The number of likely N-dealkylation sites (N-methyl/N-ethyl adjacent to an activating group) is 1. The normalized spacial score (nSPS) is 13.3. The molecule has 0 aromatic rings. The maximum absolute atomic E-state index is 12.8. The van der Waals surface area contributed by atoms with Crippen LogP contribution in [0.2, 0.25) is 0 Å². The first-order valence-corrected chi connectivity index (χ1v) is 25.8. The van der Waals surface area contributed by atoms with Crippen molar-refractivity contribution in [1.82, 2.24) is 0 Å². The van der Waals surface area contributed by atoms with Crippen molar-refractivity contribution in [2.24, 2.45) is 0 Å². The lowest BCUT2D eigenvalue weighted by molar-refractivity contribution is -0.889. The van der Waals surface area contributed by atoms with Crippen LogP contribution in [-0.4, -0.2) is 75.5 Å². The Bertz CT molecular complexity index is 1210. The number of aliphatic carboxylic acids is 1. The molecule has 0 aliphatic carbocycles. The molecule has 0 spiro atoms. The fraction of sp³-hybridized carbons (Fsp3) is 0.764. The molecule has 0 amide bonds. The number of hydrogen-bond acceptors (Lipinski definition) is 7. The molecule has 8 heteroatoms. The average Bonchev–Trinajstić information content (AvgIpc) is 3.24. The van der Waals surface area contributed by atoms with Gasteiger partial charge in [0.2, 0.25) is 0 Å². The lowest BCUT2D eigenvalue weighted by Crippen LogP contribution is -2.55. The number of hydrogen-bond donors (Lipinski definition) is 0. The third kappa shape index (κ3) is 44.0. The van der Waals surface area contributed by atoms with Gasteiger partial charge in [0, 0.05) is 19.3 Å². The number of esters is 2. The first kappa shape index (κ1) is 60.0. The van der Waals surface area contributed by atoms with Crippen LogP contribution in [0.15, 0.2) is 60.8 Å². The minimum absolute atomic E-state index is 0.0364. The number of allylic oxidation sites excluding steroid dienone is 10. The molecule has 0 radical (unpaired) electrons. The van der Waals surface area contributed by atoms with Crippen molar-refractivity contribution in [3.8, 4) is 0 Å². The van der Waals surface area contributed by atoms with Crippen LogP contribution in [0.5, 0.6) is 0 Å². The van der Waals surface area contributed by atoms with Gasteiger partial charge in [0.1, 0.15) is 12.6 Å². The lowest BCUT2D eigenvalue weighted by atomic mass is 10.1. The second kappa shape index (κ2) is 45.6. The van der Waals surface area contributed by atoms with Gasteiger partial charge in [-0.05, 0) is 70.6 Å². The molecule has 0 saturated carbocycles. The largest absolute Gasteiger partial charge is 0.544 e. The van der Waals surface area contributed by atoms with E-state index in [4.69, 9.17) is 14.2 Å². The van der Waals surface area contributed by atoms with Crippen LogP contribution >= 0.6 is 0 Å². The van der Waals surface area contributed by atoms with Crippen LogP contribution in [0.1, 0.15) is 219 Å². The van der Waals surface area contributed by atoms with E-state index >= 15 is 0 Å². The van der Waals surface area contributed by atoms with E-state index in [1.807, 2.05) is 0 Å². The average molecular weight is 884 g/mol. The number of quaternary nitrogens is 1. The summed E-state index contributed by atoms with van der Waals surface area (Å²) in [4.78, 5) is 37.1. The molecule has 0 heterocycles. The number of unbranched alkanes of at least 4 members (excludes halogenated alkanes) is 23. The standard InChI is InChI=1S/C55H97NO7/c1-6-8-10-12-14-16-18-20-22-24-26-28-29-31-33-35-37-39-41-43-45-53(57)62-50-51(49-61-48-47-52(55(59)60)56(3,4)5)63-54(58)46-44-42-40-38-36-34-32-30-27-25-23-21-19-17-15-13-11-9-7-2/h9,11,15-18,20-23,51-52H,6-8,10,12-14,19,24-50H2,1-5H3/b11-9+,17-15+,18-16+,22-20+,23-21+. The Morgan fingerprint density at radius 1 is 0.508 bits per heavy atom. The Kier molecular flexibility index (Phi) is 43.4. The highest BCUT2D eigenvalue weighted by Crippen LogP contribution is 2.15. The molecule has 0 aliphatic heterocycles. The van der Waals surface area contributed by atoms with Gasteiger partial charge < -0.3 is 28.6 Å². The predicted molar refractivity (Wildman–Crippen MR) is 263 cm³/mol. The zero-order chi connectivity index (χ0) is 46.3. The van der Waals surface area contributed by atoms with Gasteiger partial charge in [0.05, 0.1) is 40.3 Å². The van der Waals surface area contributed by atoms with E-state index in [9.17, 15) is 19.5 Å². The quantitative estimate of drug-likeness (QED) is 0.0197. The highest BCUT2D eigenvalue weighted by Gasteiger charge is 2.25. The molecular weight excluding hydrogens is 787 g/mol. The van der Waals surface area contributed by atoms with E-state index in [-0.39, 0.29) is 42.7 Å². The molecule has 0 rings (SSSR count). The monoisotopic (exact) mass is 884 g/mol. The molecule has 0 fully saturated rings. The van der Waals surface area contributed by atoms with Crippen LogP contribution in [0, 0.1) is 0 Å². The van der Waals surface area contributed by atoms with E-state index in [2.05, 4.69) is 74.6 Å². The molecular formula is C55H97NO7. The van der Waals surface area contributed by atoms with Gasteiger partial charge >= 0.3 is 11.9 Å². The topological polar surface area (TPSA) is 102 Å². The van der Waals surface area contributed by atoms with E-state index < -0.39 is 18.1 Å². The van der Waals surface area contributed by atoms with Crippen LogP contribution < -0.4 is 5.11 Å². The zero-order valence-corrected chi connectivity index (χ0v) is 41.5. The second-order valence-electron chi connectivity index (χ2n) is 18.4. The van der Waals surface area contributed by atoms with E-state index in [1.165, 1.54) is 122 Å². The van der Waals surface area contributed by atoms with Crippen molar-refractivity contribution in [1.29, 1.82) is 0 Å². The highest BCUT2D eigenvalue weighted by atomic mass is 16.6. The van der Waals surface area contributed by atoms with Gasteiger partial charge in [-0.3, -0.25) is 9.59 Å². The molecule has 0 saturated heterocycles. The van der Waals surface area contributed by atoms with E-state index in [0.29, 0.717) is 12.8 Å². The summed E-state index contributed by atoms with van der Waals surface area (Å²) in [5.74, 6) is -1.74. The molecule has 0 aromatic heterocycles. The molecule has 0 aromatic carbocycles. The second-order valence-corrected chi connectivity index (χ2v) is 18.4. The van der Waals surface area contributed by atoms with Crippen molar-refractivity contribution in [2.45, 2.75) is 231 Å². The first-order valence-electron chi connectivity index (χ1n) is 25.8. The summed E-state index contributed by atoms with van der Waals surface area (Å²) in [5.41, 5.74) is 0. The molecule has 63 heavy (non-hydrogen) atoms. The summed E-state index contributed by atoms with van der Waals surface area (Å²) in [6.07, 6.45) is 56.7. The van der Waals surface area contributed by atoms with Gasteiger partial charge in [-0.2, -0.15) is 0 Å². The SMILES string of the molecule is CC/C=C/C/C=C/C/C=C/CCCCCCCCCCCC(=O)OC(COCCC(C(=O)[O-])[N+](C)(C)C)COC(=O)CCCCCCCCCCCC/C=C/C=C/CCCCCC. The summed E-state index contributed by atoms with van der Waals surface area (Å²) in [7, 11) is 5.41. The number of ether oxygens (including phenoxy) is 3. The van der Waals surface area contributed by atoms with Gasteiger partial charge in [0.15, 0.2) is 6.10 Å². The minimum atomic E-state index is -1.13. The van der Waals surface area contributed by atoms with Gasteiger partial charge in [-0.15, -0.1) is 0 Å². The summed E-state index contributed by atoms with van der Waals surface area (Å²) in [5, 5.41) is 11.7. The fourth-order valence-electron chi connectivity index (χ4n) is 7.43. The highest BCUT2D eigenvalue weighted by molar-refractivity contribution is 5.70. The maximum atomic E-state index is 12.8. The number of carboxylic acids is 1. The maximum Gasteiger partial charge on any atom is 0.306 e. The summed E-state index contributed by atoms with van der Waals surface area (Å²) < 4.78 is 17.2. The van der Waals surface area contributed by atoms with Gasteiger partial charge in [-0.1, -0.05) is 190 Å². The molecule has 0 N–H and O–H groups in total. The van der Waals surface area contributed by atoms with Crippen molar-refractivity contribution in [2.75, 3.05) is 41.0 Å². The van der Waals surface area contributed by atoms with Gasteiger partial charge in [-0.25, -0.2) is 0 Å². The minimum Gasteiger partial charge on any atom is -0.544 e. The van der Waals surface area contributed by atoms with Crippen molar-refractivity contribution in [3.05, 3.63) is 60.8 Å². The van der Waals surface area contributed by atoms with Crippen molar-refractivity contribution >= 4 is 17.9 Å². The van der Waals surface area contributed by atoms with Gasteiger partial charge in [0.25, 0.3) is 0 Å². The summed E-state index contributed by atoms with van der Waals surface area (Å²) in [6.45, 7) is 4.54. The third-order valence-electron chi connectivity index (χ3n) is 11.4.